The van der Waals surface area contributed by atoms with E-state index in [9.17, 15) is 19.4 Å². The molecule has 2 aliphatic rings. The van der Waals surface area contributed by atoms with Crippen molar-refractivity contribution >= 4 is 5.91 Å². The Kier molecular flexibility index (Phi) is 4.84. The predicted octanol–water partition coefficient (Wildman–Crippen LogP) is 1.49. The van der Waals surface area contributed by atoms with Crippen molar-refractivity contribution in [3.63, 3.8) is 0 Å². The summed E-state index contributed by atoms with van der Waals surface area (Å²) in [5.74, 6) is -0.0771. The smallest absolute Gasteiger partial charge is 0.272 e. The Hall–Kier alpha value is -2.45. The zero-order valence-electron chi connectivity index (χ0n) is 14.6. The molecule has 2 saturated carbocycles. The summed E-state index contributed by atoms with van der Waals surface area (Å²) in [5, 5.41) is 30.4. The molecule has 4 N–H and O–H groups in total. The highest BCUT2D eigenvalue weighted by molar-refractivity contribution is 5.92. The molecular weight excluding hydrogens is 353 g/mol. The average molecular weight is 375 g/mol. The van der Waals surface area contributed by atoms with Gasteiger partial charge in [0.05, 0.1) is 6.04 Å². The number of halogens is 1. The summed E-state index contributed by atoms with van der Waals surface area (Å²) < 4.78 is 18.9. The van der Waals surface area contributed by atoms with Crippen molar-refractivity contribution in [3.8, 4) is 5.75 Å². The van der Waals surface area contributed by atoms with Gasteiger partial charge in [-0.1, -0.05) is 6.07 Å². The zero-order valence-corrected chi connectivity index (χ0v) is 14.6. The Morgan fingerprint density at radius 1 is 1.19 bits per heavy atom. The van der Waals surface area contributed by atoms with Crippen molar-refractivity contribution < 1.29 is 24.1 Å². The highest BCUT2D eigenvalue weighted by atomic mass is 19.1. The first-order valence-electron chi connectivity index (χ1n) is 9.16. The fraction of sp³-hybridized carbons (Fsp3) is 0.474. The van der Waals surface area contributed by atoms with Crippen molar-refractivity contribution in [2.75, 3.05) is 0 Å². The van der Waals surface area contributed by atoms with Gasteiger partial charge in [0, 0.05) is 17.7 Å². The predicted molar refractivity (Wildman–Crippen MR) is 93.9 cm³/mol. The fourth-order valence-electron chi connectivity index (χ4n) is 3.44. The van der Waals surface area contributed by atoms with Crippen molar-refractivity contribution in [2.45, 2.75) is 56.0 Å². The van der Waals surface area contributed by atoms with Crippen molar-refractivity contribution in [1.82, 2.24) is 15.5 Å². The third-order valence-electron chi connectivity index (χ3n) is 5.15. The monoisotopic (exact) mass is 375 g/mol. The van der Waals surface area contributed by atoms with Crippen LogP contribution in [0.5, 0.6) is 5.75 Å². The quantitative estimate of drug-likeness (QED) is 0.633. The number of rotatable bonds is 5. The standard InChI is InChI=1S/C19H22FN3O4/c20-11-2-1-3-12(8-11)27-16-7-6-13(17(24)18(16)25)21-19(26)15-9-14(22-23-15)10-4-5-10/h1-3,8-10,13,16-18,24-25H,4-7H2,(H,21,26)(H,22,23)/t13-,16-,17+,18+/m1/s1. The third-order valence-corrected chi connectivity index (χ3v) is 5.15. The van der Waals surface area contributed by atoms with Gasteiger partial charge in [0.2, 0.25) is 0 Å². The molecule has 0 saturated heterocycles. The molecule has 0 spiro atoms. The minimum absolute atomic E-state index is 0.275. The number of aromatic nitrogens is 2. The third kappa shape index (κ3) is 3.96. The van der Waals surface area contributed by atoms with Gasteiger partial charge in [0.25, 0.3) is 5.91 Å². The normalized spacial score (nSPS) is 28.0. The van der Waals surface area contributed by atoms with E-state index < -0.39 is 30.2 Å². The van der Waals surface area contributed by atoms with Crippen LogP contribution >= 0.6 is 0 Å². The number of carbonyl (C=O) groups is 1. The molecule has 2 fully saturated rings. The van der Waals surface area contributed by atoms with E-state index in [-0.39, 0.29) is 17.4 Å². The summed E-state index contributed by atoms with van der Waals surface area (Å²) in [6.07, 6.45) is -0.0387. The molecule has 8 heteroatoms. The molecule has 4 atom stereocenters. The summed E-state index contributed by atoms with van der Waals surface area (Å²) in [7, 11) is 0. The minimum atomic E-state index is -1.20. The number of benzene rings is 1. The van der Waals surface area contributed by atoms with Crippen LogP contribution in [0.2, 0.25) is 0 Å². The molecule has 1 heterocycles. The highest BCUT2D eigenvalue weighted by Crippen LogP contribution is 2.39. The maximum absolute atomic E-state index is 13.3. The highest BCUT2D eigenvalue weighted by Gasteiger charge is 2.40. The number of hydrogen-bond donors (Lipinski definition) is 4. The lowest BCUT2D eigenvalue weighted by Gasteiger charge is -2.37. The van der Waals surface area contributed by atoms with E-state index in [0.29, 0.717) is 18.8 Å². The van der Waals surface area contributed by atoms with Gasteiger partial charge in [-0.05, 0) is 43.9 Å². The number of amides is 1. The molecule has 144 valence electrons. The van der Waals surface area contributed by atoms with E-state index in [4.69, 9.17) is 4.74 Å². The summed E-state index contributed by atoms with van der Waals surface area (Å²) in [6.45, 7) is 0. The number of hydrogen-bond acceptors (Lipinski definition) is 5. The van der Waals surface area contributed by atoms with Crippen LogP contribution in [-0.2, 0) is 0 Å². The number of aliphatic hydroxyl groups excluding tert-OH is 2. The lowest BCUT2D eigenvalue weighted by atomic mass is 9.87. The SMILES string of the molecule is O=C(N[C@@H]1CC[C@@H](Oc2cccc(F)c2)[C@H](O)[C@H]1O)c1cc(C2CC2)[nH]n1. The summed E-state index contributed by atoms with van der Waals surface area (Å²) in [6, 6.07) is 6.75. The Morgan fingerprint density at radius 3 is 2.74 bits per heavy atom. The van der Waals surface area contributed by atoms with Gasteiger partial charge in [-0.15, -0.1) is 0 Å². The molecule has 7 nitrogen and oxygen atoms in total. The number of ether oxygens (including phenoxy) is 1. The first-order chi connectivity index (χ1) is 13.0. The Balaban J connectivity index is 1.35. The summed E-state index contributed by atoms with van der Waals surface area (Å²) in [5.41, 5.74) is 1.23. The number of nitrogens with one attached hydrogen (secondary N) is 2. The molecule has 1 aromatic carbocycles. The van der Waals surface area contributed by atoms with Crippen molar-refractivity contribution in [1.29, 1.82) is 0 Å². The van der Waals surface area contributed by atoms with Gasteiger partial charge in [-0.25, -0.2) is 4.39 Å². The number of carbonyl (C=O) groups excluding carboxylic acids is 1. The molecule has 2 aliphatic carbocycles. The molecule has 4 rings (SSSR count). The molecule has 1 aromatic heterocycles. The van der Waals surface area contributed by atoms with Crippen LogP contribution in [0.1, 0.15) is 47.8 Å². The number of nitrogens with zero attached hydrogens (tertiary/aromatic N) is 1. The van der Waals surface area contributed by atoms with Crippen LogP contribution in [0, 0.1) is 5.82 Å². The second kappa shape index (κ2) is 7.28. The molecule has 27 heavy (non-hydrogen) atoms. The lowest BCUT2D eigenvalue weighted by Crippen LogP contribution is -2.57. The van der Waals surface area contributed by atoms with E-state index in [1.807, 2.05) is 0 Å². The van der Waals surface area contributed by atoms with Gasteiger partial charge < -0.3 is 20.3 Å². The molecule has 0 unspecified atom stereocenters. The van der Waals surface area contributed by atoms with Crippen molar-refractivity contribution in [3.05, 3.63) is 47.5 Å². The topological polar surface area (TPSA) is 107 Å². The van der Waals surface area contributed by atoms with E-state index in [0.717, 1.165) is 18.5 Å². The first-order valence-corrected chi connectivity index (χ1v) is 9.16. The number of H-pyrrole nitrogens is 1. The maximum atomic E-state index is 13.3. The van der Waals surface area contributed by atoms with Crippen LogP contribution < -0.4 is 10.1 Å². The Bertz CT molecular complexity index is 823. The first kappa shape index (κ1) is 17.9. The second-order valence-corrected chi connectivity index (χ2v) is 7.23. The van der Waals surface area contributed by atoms with Crippen molar-refractivity contribution in [2.24, 2.45) is 0 Å². The zero-order chi connectivity index (χ0) is 19.0. The van der Waals surface area contributed by atoms with E-state index in [1.165, 1.54) is 18.2 Å². The average Bonchev–Trinajstić information content (AvgIpc) is 3.38. The number of aromatic amines is 1. The molecule has 0 radical (unpaired) electrons. The van der Waals surface area contributed by atoms with Gasteiger partial charge >= 0.3 is 0 Å². The van der Waals surface area contributed by atoms with Gasteiger partial charge in [-0.2, -0.15) is 5.10 Å². The van der Waals surface area contributed by atoms with Crippen LogP contribution in [0.25, 0.3) is 0 Å². The molecule has 0 aliphatic heterocycles. The van der Waals surface area contributed by atoms with Gasteiger partial charge in [0.15, 0.2) is 0 Å². The molecule has 0 bridgehead atoms. The van der Waals surface area contributed by atoms with E-state index in [1.54, 1.807) is 12.1 Å². The number of aliphatic hydroxyl groups is 2. The van der Waals surface area contributed by atoms with Crippen LogP contribution in [0.4, 0.5) is 4.39 Å². The van der Waals surface area contributed by atoms with Gasteiger partial charge in [0.1, 0.15) is 35.6 Å². The van der Waals surface area contributed by atoms with Crippen LogP contribution in [0.15, 0.2) is 30.3 Å². The Labute approximate surface area is 155 Å². The minimum Gasteiger partial charge on any atom is -0.488 e. The Morgan fingerprint density at radius 2 is 2.00 bits per heavy atom. The van der Waals surface area contributed by atoms with Crippen LogP contribution in [-0.4, -0.2) is 50.7 Å². The molecule has 1 amide bonds. The second-order valence-electron chi connectivity index (χ2n) is 7.23. The summed E-state index contributed by atoms with van der Waals surface area (Å²) in [4.78, 5) is 12.4. The van der Waals surface area contributed by atoms with E-state index >= 15 is 0 Å². The largest absolute Gasteiger partial charge is 0.488 e. The fourth-order valence-corrected chi connectivity index (χ4v) is 3.44. The molecular formula is C19H22FN3O4. The van der Waals surface area contributed by atoms with Crippen LogP contribution in [0.3, 0.4) is 0 Å². The summed E-state index contributed by atoms with van der Waals surface area (Å²) >= 11 is 0. The molecule has 2 aromatic rings. The lowest BCUT2D eigenvalue weighted by molar-refractivity contribution is -0.0875. The maximum Gasteiger partial charge on any atom is 0.272 e. The van der Waals surface area contributed by atoms with Gasteiger partial charge in [-0.3, -0.25) is 9.89 Å². The van der Waals surface area contributed by atoms with E-state index in [2.05, 4.69) is 15.5 Å².